The molecule has 0 bridgehead atoms. The minimum Gasteiger partial charge on any atom is -0.167 e. The first-order chi connectivity index (χ1) is 7.46. The fraction of sp³-hybridized carbons (Fsp3) is 1.00. The van der Waals surface area contributed by atoms with Crippen molar-refractivity contribution in [3.8, 4) is 0 Å². The summed E-state index contributed by atoms with van der Waals surface area (Å²) in [5, 5.41) is 0. The third-order valence-electron chi connectivity index (χ3n) is 2.88. The Bertz CT molecular complexity index is 268. The summed E-state index contributed by atoms with van der Waals surface area (Å²) >= 11 is 52.0. The van der Waals surface area contributed by atoms with Crippen LogP contribution in [0, 0.1) is 0 Å². The van der Waals surface area contributed by atoms with Gasteiger partial charge in [0.25, 0.3) is 0 Å². The monoisotopic (exact) mass is 510 g/mol. The van der Waals surface area contributed by atoms with Gasteiger partial charge in [-0.25, -0.2) is 0 Å². The van der Waals surface area contributed by atoms with E-state index in [1.807, 2.05) is 0 Å². The van der Waals surface area contributed by atoms with Gasteiger partial charge in [0.15, 0.2) is 0 Å². The molecule has 0 N–H and O–H groups in total. The van der Waals surface area contributed by atoms with E-state index in [-0.39, 0.29) is 9.04 Å². The summed E-state index contributed by atoms with van der Waals surface area (Å²) in [7, 11) is -1.39. The minimum absolute atomic E-state index is 0.155. The predicted molar refractivity (Wildman–Crippen MR) is 105 cm³/mol. The average molecular weight is 514 g/mol. The van der Waals surface area contributed by atoms with Gasteiger partial charge in [0.1, 0.15) is 0 Å². The Labute approximate surface area is 148 Å². The van der Waals surface area contributed by atoms with Crippen LogP contribution in [0.1, 0.15) is 0 Å². The molecule has 0 amide bonds. The maximum atomic E-state index is 6.80. The summed E-state index contributed by atoms with van der Waals surface area (Å²) in [6.07, 6.45) is 0. The lowest BCUT2D eigenvalue weighted by Gasteiger charge is -2.44. The highest BCUT2D eigenvalue weighted by Crippen LogP contribution is 2.51. The molecule has 1 heterocycles. The predicted octanol–water partition coefficient (Wildman–Crippen LogP) is 2.17. The molecule has 0 aromatic rings. The third-order valence-corrected chi connectivity index (χ3v) is 158. The van der Waals surface area contributed by atoms with E-state index in [0.717, 1.165) is 6.04 Å². The first-order valence-corrected chi connectivity index (χ1v) is 34.7. The summed E-state index contributed by atoms with van der Waals surface area (Å²) in [4.78, 5) is 0. The highest BCUT2D eigenvalue weighted by molar-refractivity contribution is 8.36. The molecule has 1 atom stereocenters. The smallest absolute Gasteiger partial charge is 0.167 e. The van der Waals surface area contributed by atoms with E-state index in [1.54, 1.807) is 0 Å². The molecule has 0 nitrogen and oxygen atoms in total. The van der Waals surface area contributed by atoms with Crippen molar-refractivity contribution in [2.75, 3.05) is 0 Å². The lowest BCUT2D eigenvalue weighted by atomic mass is 11.0. The van der Waals surface area contributed by atoms with E-state index in [0.29, 0.717) is 0 Å². The van der Waals surface area contributed by atoms with Gasteiger partial charge in [-0.05, 0) is 0 Å². The van der Waals surface area contributed by atoms with Crippen LogP contribution in [0.2, 0.25) is 12.1 Å². The maximum Gasteiger partial charge on any atom is 0.341 e. The largest absolute Gasteiger partial charge is 0.341 e. The standard InChI is InChI=1S/C2H10Cl8Si7/c3-14(4,5)17(10)15(6,7)12-2-1-11-13-16(17,8)9/h1-2,11-13H2. The lowest BCUT2D eigenvalue weighted by molar-refractivity contribution is 1.45. The molecule has 0 saturated carbocycles. The van der Waals surface area contributed by atoms with Crippen molar-refractivity contribution in [2.24, 2.45) is 0 Å². The molecule has 0 aromatic heterocycles. The van der Waals surface area contributed by atoms with Gasteiger partial charge in [0.05, 0.1) is 0 Å². The fourth-order valence-corrected chi connectivity index (χ4v) is 257. The molecule has 0 aliphatic carbocycles. The number of halogens is 8. The van der Waals surface area contributed by atoms with E-state index in [2.05, 4.69) is 0 Å². The van der Waals surface area contributed by atoms with Gasteiger partial charge in [0, 0.05) is 26.6 Å². The Morgan fingerprint density at radius 2 is 1.35 bits per heavy atom. The van der Waals surface area contributed by atoms with Gasteiger partial charge in [-0.1, -0.05) is 12.1 Å². The molecule has 15 heteroatoms. The van der Waals surface area contributed by atoms with Crippen LogP contribution in [0.3, 0.4) is 0 Å². The summed E-state index contributed by atoms with van der Waals surface area (Å²) < 4.78 is 0. The van der Waals surface area contributed by atoms with Crippen LogP contribution >= 0.6 is 88.6 Å². The summed E-state index contributed by atoms with van der Waals surface area (Å²) in [6, 6.07) is 2.41. The molecule has 1 fully saturated rings. The van der Waals surface area contributed by atoms with Crippen molar-refractivity contribution in [3.05, 3.63) is 0 Å². The van der Waals surface area contributed by atoms with Crippen LogP contribution in [-0.4, -0.2) is 49.5 Å². The molecular weight excluding hydrogens is 504 g/mol. The zero-order chi connectivity index (χ0) is 13.5. The van der Waals surface area contributed by atoms with Gasteiger partial charge < -0.3 is 0 Å². The Hall–Kier alpha value is 3.84. The SMILES string of the molecule is Cl[Si](Cl)(Cl)[Si]1(Cl)[Si](Cl)(Cl)[SiH2]CC[SiH2][SiH2][Si]1(Cl)Cl. The third kappa shape index (κ3) is 3.79. The quantitative estimate of drug-likeness (QED) is 0.372. The molecular formula is C2H10Cl8Si7. The first-order valence-electron chi connectivity index (χ1n) is 4.97. The zero-order valence-electron chi connectivity index (χ0n) is 8.56. The molecule has 1 aliphatic rings. The maximum absolute atomic E-state index is 6.80. The van der Waals surface area contributed by atoms with Crippen LogP contribution < -0.4 is 0 Å². The Morgan fingerprint density at radius 3 is 1.82 bits per heavy atom. The summed E-state index contributed by atoms with van der Waals surface area (Å²) in [5.41, 5.74) is -8.54. The molecule has 0 aromatic carbocycles. The molecule has 17 heavy (non-hydrogen) atoms. The highest BCUT2D eigenvalue weighted by atomic mass is 35.9. The van der Waals surface area contributed by atoms with E-state index in [4.69, 9.17) is 88.6 Å². The molecule has 1 aliphatic heterocycles. The Kier molecular flexibility index (Phi) is 7.25. The van der Waals surface area contributed by atoms with Crippen LogP contribution in [0.15, 0.2) is 0 Å². The highest BCUT2D eigenvalue weighted by Gasteiger charge is 2.77. The van der Waals surface area contributed by atoms with Gasteiger partial charge in [0.2, 0.25) is 17.4 Å². The van der Waals surface area contributed by atoms with E-state index in [9.17, 15) is 0 Å². The zero-order valence-corrected chi connectivity index (χ0v) is 22.8. The Balaban J connectivity index is 3.30. The average Bonchev–Trinajstić information content (AvgIpc) is 2.12. The van der Waals surface area contributed by atoms with Crippen LogP contribution in [0.4, 0.5) is 0 Å². The van der Waals surface area contributed by atoms with Crippen molar-refractivity contribution in [3.63, 3.8) is 0 Å². The fourth-order valence-electron chi connectivity index (χ4n) is 1.90. The molecule has 1 saturated heterocycles. The van der Waals surface area contributed by atoms with Gasteiger partial charge in [-0.15, -0.1) is 33.2 Å². The molecule has 102 valence electrons. The topological polar surface area (TPSA) is 0 Å². The van der Waals surface area contributed by atoms with E-state index >= 15 is 0 Å². The second kappa shape index (κ2) is 6.53. The van der Waals surface area contributed by atoms with Gasteiger partial charge >= 0.3 is 5.52 Å². The van der Waals surface area contributed by atoms with Gasteiger partial charge in [-0.2, -0.15) is 55.4 Å². The number of hydrogen-bond acceptors (Lipinski definition) is 0. The number of rotatable bonds is 1. The molecule has 0 radical (unpaired) electrons. The lowest BCUT2D eigenvalue weighted by Crippen LogP contribution is -2.80. The summed E-state index contributed by atoms with van der Waals surface area (Å²) in [6.45, 7) is 0. The molecule has 1 unspecified atom stereocenters. The van der Waals surface area contributed by atoms with Crippen molar-refractivity contribution in [1.29, 1.82) is 0 Å². The van der Waals surface area contributed by atoms with E-state index < -0.39 is 40.5 Å². The van der Waals surface area contributed by atoms with Crippen molar-refractivity contribution >= 4 is 138 Å². The van der Waals surface area contributed by atoms with Crippen molar-refractivity contribution < 1.29 is 0 Å². The van der Waals surface area contributed by atoms with Crippen LogP contribution in [0.25, 0.3) is 0 Å². The van der Waals surface area contributed by atoms with Crippen LogP contribution in [-0.2, 0) is 0 Å². The van der Waals surface area contributed by atoms with Crippen molar-refractivity contribution in [2.45, 2.75) is 12.1 Å². The second-order valence-corrected chi connectivity index (χ2v) is 83.6. The molecule has 1 rings (SSSR count). The van der Waals surface area contributed by atoms with E-state index in [1.165, 1.54) is 6.04 Å². The Morgan fingerprint density at radius 1 is 0.824 bits per heavy atom. The number of hydrogen-bond donors (Lipinski definition) is 0. The van der Waals surface area contributed by atoms with Crippen molar-refractivity contribution in [1.82, 2.24) is 0 Å². The first kappa shape index (κ1) is 18.9. The molecule has 0 spiro atoms. The van der Waals surface area contributed by atoms with Gasteiger partial charge in [-0.3, -0.25) is 0 Å². The summed E-state index contributed by atoms with van der Waals surface area (Å²) in [5.74, 6) is -2.97. The minimum atomic E-state index is -3.20. The second-order valence-electron chi connectivity index (χ2n) is 4.13. The normalized spacial score (nSPS) is 38.1. The van der Waals surface area contributed by atoms with Crippen LogP contribution in [0.5, 0.6) is 0 Å².